The van der Waals surface area contributed by atoms with Gasteiger partial charge in [-0.05, 0) is 26.8 Å². The van der Waals surface area contributed by atoms with E-state index in [-0.39, 0.29) is 11.4 Å². The molecule has 0 aliphatic rings. The smallest absolute Gasteiger partial charge is 0.273 e. The lowest BCUT2D eigenvalue weighted by Crippen LogP contribution is -2.42. The van der Waals surface area contributed by atoms with Crippen molar-refractivity contribution in [1.29, 1.82) is 0 Å². The molecule has 0 saturated heterocycles. The number of aromatic nitrogens is 1. The molecule has 1 heterocycles. The van der Waals surface area contributed by atoms with Crippen molar-refractivity contribution < 1.29 is 9.32 Å². The second-order valence-electron chi connectivity index (χ2n) is 4.95. The first kappa shape index (κ1) is 14.7. The van der Waals surface area contributed by atoms with Gasteiger partial charge in [0, 0.05) is 24.6 Å². The fourth-order valence-corrected chi connectivity index (χ4v) is 1.73. The van der Waals surface area contributed by atoms with E-state index >= 15 is 0 Å². The average Bonchev–Trinajstić information content (AvgIpc) is 2.77. The fourth-order valence-electron chi connectivity index (χ4n) is 1.73. The molecule has 2 N–H and O–H groups in total. The number of nitrogens with one attached hydrogen (secondary N) is 2. The number of carbonyl (C=O) groups excluding carboxylic acids is 1. The first-order valence-electron chi connectivity index (χ1n) is 6.47. The predicted octanol–water partition coefficient (Wildman–Crippen LogP) is 1.74. The second kappa shape index (κ2) is 6.54. The van der Waals surface area contributed by atoms with E-state index in [1.165, 1.54) is 0 Å². The maximum absolute atomic E-state index is 11.8. The van der Waals surface area contributed by atoms with Gasteiger partial charge in [0.2, 0.25) is 0 Å². The van der Waals surface area contributed by atoms with Gasteiger partial charge in [-0.3, -0.25) is 4.79 Å². The average molecular weight is 253 g/mol. The maximum Gasteiger partial charge on any atom is 0.273 e. The molecule has 0 saturated carbocycles. The Morgan fingerprint density at radius 2 is 2.17 bits per heavy atom. The number of nitrogens with zero attached hydrogens (tertiary/aromatic N) is 1. The van der Waals surface area contributed by atoms with Crippen molar-refractivity contribution in [2.24, 2.45) is 0 Å². The molecule has 5 nitrogen and oxygen atoms in total. The predicted molar refractivity (Wildman–Crippen MR) is 70.6 cm³/mol. The number of aryl methyl sites for hydroxylation is 1. The molecule has 18 heavy (non-hydrogen) atoms. The molecule has 0 fully saturated rings. The van der Waals surface area contributed by atoms with E-state index in [2.05, 4.69) is 36.6 Å². The van der Waals surface area contributed by atoms with Gasteiger partial charge in [0.25, 0.3) is 5.91 Å². The van der Waals surface area contributed by atoms with Gasteiger partial charge in [-0.1, -0.05) is 19.0 Å². The summed E-state index contributed by atoms with van der Waals surface area (Å²) in [5.41, 5.74) is 0.383. The number of hydrogen-bond donors (Lipinski definition) is 2. The Morgan fingerprint density at radius 3 is 2.72 bits per heavy atom. The molecule has 102 valence electrons. The lowest BCUT2D eigenvalue weighted by molar-refractivity contribution is 0.0941. The van der Waals surface area contributed by atoms with Crippen LogP contribution in [0.1, 0.15) is 50.4 Å². The molecule has 1 rings (SSSR count). The minimum absolute atomic E-state index is 0.0282. The molecule has 1 aromatic rings. The number of hydrogen-bond acceptors (Lipinski definition) is 4. The normalized spacial score (nSPS) is 11.6. The summed E-state index contributed by atoms with van der Waals surface area (Å²) in [6.07, 6.45) is 1.61. The van der Waals surface area contributed by atoms with Gasteiger partial charge < -0.3 is 15.2 Å². The van der Waals surface area contributed by atoms with E-state index in [9.17, 15) is 4.79 Å². The molecule has 0 unspecified atom stereocenters. The first-order valence-corrected chi connectivity index (χ1v) is 6.47. The van der Waals surface area contributed by atoms with Crippen molar-refractivity contribution in [1.82, 2.24) is 15.8 Å². The van der Waals surface area contributed by atoms with Gasteiger partial charge in [-0.25, -0.2) is 0 Å². The Bertz CT molecular complexity index is 385. The Labute approximate surface area is 108 Å². The van der Waals surface area contributed by atoms with Crippen molar-refractivity contribution in [3.8, 4) is 0 Å². The van der Waals surface area contributed by atoms with Crippen LogP contribution in [-0.2, 0) is 6.42 Å². The third kappa shape index (κ3) is 4.49. The van der Waals surface area contributed by atoms with Crippen LogP contribution in [0, 0.1) is 0 Å². The number of amides is 1. The molecular formula is C13H23N3O2. The molecular weight excluding hydrogens is 230 g/mol. The van der Waals surface area contributed by atoms with Crippen LogP contribution in [0.3, 0.4) is 0 Å². The van der Waals surface area contributed by atoms with E-state index in [0.717, 1.165) is 25.1 Å². The van der Waals surface area contributed by atoms with E-state index in [1.54, 1.807) is 6.07 Å². The summed E-state index contributed by atoms with van der Waals surface area (Å²) in [5.74, 6) is 0.555. The lowest BCUT2D eigenvalue weighted by atomic mass is 10.0. The zero-order valence-corrected chi connectivity index (χ0v) is 11.7. The van der Waals surface area contributed by atoms with Gasteiger partial charge in [0.05, 0.1) is 0 Å². The summed E-state index contributed by atoms with van der Waals surface area (Å²) in [7, 11) is 0. The Hall–Kier alpha value is -1.36. The molecule has 0 spiro atoms. The van der Waals surface area contributed by atoms with Gasteiger partial charge in [0.15, 0.2) is 5.69 Å². The first-order chi connectivity index (χ1) is 8.48. The van der Waals surface area contributed by atoms with Crippen LogP contribution in [0.25, 0.3) is 0 Å². The van der Waals surface area contributed by atoms with Gasteiger partial charge in [-0.2, -0.15) is 0 Å². The van der Waals surface area contributed by atoms with Crippen molar-refractivity contribution >= 4 is 5.91 Å². The van der Waals surface area contributed by atoms with Crippen LogP contribution in [0.15, 0.2) is 10.6 Å². The van der Waals surface area contributed by atoms with Crippen molar-refractivity contribution in [2.75, 3.05) is 13.1 Å². The highest BCUT2D eigenvalue weighted by Crippen LogP contribution is 2.07. The minimum atomic E-state index is -0.175. The summed E-state index contributed by atoms with van der Waals surface area (Å²) in [6.45, 7) is 9.81. The molecule has 0 radical (unpaired) electrons. The van der Waals surface area contributed by atoms with Crippen molar-refractivity contribution in [2.45, 2.75) is 46.1 Å². The lowest BCUT2D eigenvalue weighted by Gasteiger charge is -2.25. The molecule has 0 bridgehead atoms. The summed E-state index contributed by atoms with van der Waals surface area (Å²) in [4.78, 5) is 11.8. The highest BCUT2D eigenvalue weighted by atomic mass is 16.5. The summed E-state index contributed by atoms with van der Waals surface area (Å²) >= 11 is 0. The third-order valence-corrected chi connectivity index (χ3v) is 2.83. The molecule has 1 aromatic heterocycles. The summed E-state index contributed by atoms with van der Waals surface area (Å²) in [6, 6.07) is 1.69. The number of rotatable bonds is 7. The van der Waals surface area contributed by atoms with Crippen LogP contribution in [0.4, 0.5) is 0 Å². The zero-order valence-electron chi connectivity index (χ0n) is 11.7. The van der Waals surface area contributed by atoms with Crippen molar-refractivity contribution in [3.63, 3.8) is 0 Å². The van der Waals surface area contributed by atoms with Crippen molar-refractivity contribution in [3.05, 3.63) is 17.5 Å². The van der Waals surface area contributed by atoms with Crippen LogP contribution in [0.5, 0.6) is 0 Å². The van der Waals surface area contributed by atoms with Crippen LogP contribution >= 0.6 is 0 Å². The molecule has 0 aromatic carbocycles. The minimum Gasteiger partial charge on any atom is -0.361 e. The monoisotopic (exact) mass is 253 g/mol. The molecule has 0 atom stereocenters. The quantitative estimate of drug-likeness (QED) is 0.777. The molecule has 5 heteroatoms. The summed E-state index contributed by atoms with van der Waals surface area (Å²) < 4.78 is 5.00. The second-order valence-corrected chi connectivity index (χ2v) is 4.95. The third-order valence-electron chi connectivity index (χ3n) is 2.83. The van der Waals surface area contributed by atoms with E-state index in [1.807, 2.05) is 6.92 Å². The van der Waals surface area contributed by atoms with E-state index < -0.39 is 0 Å². The Morgan fingerprint density at radius 1 is 1.44 bits per heavy atom. The highest BCUT2D eigenvalue weighted by Gasteiger charge is 2.17. The van der Waals surface area contributed by atoms with Crippen LogP contribution in [-0.4, -0.2) is 29.7 Å². The summed E-state index contributed by atoms with van der Waals surface area (Å²) in [5, 5.41) is 9.95. The largest absolute Gasteiger partial charge is 0.361 e. The molecule has 0 aliphatic heterocycles. The Balaban J connectivity index is 2.37. The van der Waals surface area contributed by atoms with E-state index in [0.29, 0.717) is 12.2 Å². The Kier molecular flexibility index (Phi) is 5.34. The van der Waals surface area contributed by atoms with Gasteiger partial charge in [0.1, 0.15) is 5.76 Å². The van der Waals surface area contributed by atoms with Crippen LogP contribution < -0.4 is 10.6 Å². The standard InChI is InChI=1S/C13H23N3O2/c1-5-10-9-11(16-18-10)12(17)14-8-7-13(3,4)15-6-2/h9,15H,5-8H2,1-4H3,(H,14,17). The molecule has 1 amide bonds. The fraction of sp³-hybridized carbons (Fsp3) is 0.692. The topological polar surface area (TPSA) is 67.2 Å². The van der Waals surface area contributed by atoms with Gasteiger partial charge >= 0.3 is 0 Å². The highest BCUT2D eigenvalue weighted by molar-refractivity contribution is 5.92. The SMILES string of the molecule is CCNC(C)(C)CCNC(=O)c1cc(CC)on1. The van der Waals surface area contributed by atoms with Crippen LogP contribution in [0.2, 0.25) is 0 Å². The maximum atomic E-state index is 11.8. The zero-order chi connectivity index (χ0) is 13.6. The number of carbonyl (C=O) groups is 1. The molecule has 0 aliphatic carbocycles. The van der Waals surface area contributed by atoms with Gasteiger partial charge in [-0.15, -0.1) is 0 Å². The van der Waals surface area contributed by atoms with E-state index in [4.69, 9.17) is 4.52 Å².